The summed E-state index contributed by atoms with van der Waals surface area (Å²) in [6.45, 7) is 1.70. The van der Waals surface area contributed by atoms with Gasteiger partial charge in [0.2, 0.25) is 10.0 Å². The van der Waals surface area contributed by atoms with Crippen LogP contribution in [-0.4, -0.2) is 27.2 Å². The molecule has 0 bridgehead atoms. The summed E-state index contributed by atoms with van der Waals surface area (Å²) >= 11 is 0. The first kappa shape index (κ1) is 22.3. The van der Waals surface area contributed by atoms with E-state index in [1.807, 2.05) is 30.3 Å². The third kappa shape index (κ3) is 6.29. The highest BCUT2D eigenvalue weighted by Crippen LogP contribution is 2.24. The Bertz CT molecular complexity index is 1150. The highest BCUT2D eigenvalue weighted by Gasteiger charge is 2.18. The van der Waals surface area contributed by atoms with E-state index in [1.165, 1.54) is 16.4 Å². The highest BCUT2D eigenvalue weighted by atomic mass is 32.2. The summed E-state index contributed by atoms with van der Waals surface area (Å²) in [5.41, 5.74) is 2.46. The number of nitrogens with zero attached hydrogens (tertiary/aromatic N) is 1. The number of amides is 1. The fourth-order valence-corrected chi connectivity index (χ4v) is 3.81. The number of sulfonamides is 1. The van der Waals surface area contributed by atoms with Crippen molar-refractivity contribution in [1.82, 2.24) is 0 Å². The minimum absolute atomic E-state index is 0.204. The van der Waals surface area contributed by atoms with Crippen molar-refractivity contribution in [2.24, 2.45) is 0 Å². The summed E-state index contributed by atoms with van der Waals surface area (Å²) < 4.78 is 44.7. The van der Waals surface area contributed by atoms with Crippen molar-refractivity contribution < 1.29 is 22.3 Å². The topological polar surface area (TPSA) is 75.7 Å². The molecule has 0 spiro atoms. The van der Waals surface area contributed by atoms with Crippen molar-refractivity contribution in [1.29, 1.82) is 0 Å². The molecular weight excluding hydrogens is 419 g/mol. The van der Waals surface area contributed by atoms with Crippen molar-refractivity contribution >= 4 is 27.3 Å². The lowest BCUT2D eigenvalue weighted by molar-refractivity contribution is -0.118. The lowest BCUT2D eigenvalue weighted by atomic mass is 10.2. The van der Waals surface area contributed by atoms with Crippen LogP contribution in [0.4, 0.5) is 15.8 Å². The van der Waals surface area contributed by atoms with Gasteiger partial charge in [-0.05, 0) is 54.4 Å². The molecule has 0 aromatic heterocycles. The molecule has 0 aliphatic carbocycles. The SMILES string of the molecule is Cc1ccc(F)cc1NC(=O)COc1ccc(N(Cc2ccccc2)S(C)(=O)=O)cc1. The number of carbonyl (C=O) groups is 1. The third-order valence-electron chi connectivity index (χ3n) is 4.54. The first-order valence-electron chi connectivity index (χ1n) is 9.53. The number of aryl methyl sites for hydroxylation is 1. The van der Waals surface area contributed by atoms with E-state index in [4.69, 9.17) is 4.74 Å². The van der Waals surface area contributed by atoms with E-state index in [2.05, 4.69) is 5.32 Å². The van der Waals surface area contributed by atoms with E-state index in [0.29, 0.717) is 17.1 Å². The molecule has 31 heavy (non-hydrogen) atoms. The lowest BCUT2D eigenvalue weighted by Crippen LogP contribution is -2.29. The summed E-state index contributed by atoms with van der Waals surface area (Å²) in [6.07, 6.45) is 1.15. The third-order valence-corrected chi connectivity index (χ3v) is 5.68. The van der Waals surface area contributed by atoms with E-state index in [1.54, 1.807) is 37.3 Å². The molecule has 3 rings (SSSR count). The van der Waals surface area contributed by atoms with Crippen LogP contribution in [0.1, 0.15) is 11.1 Å². The first-order valence-corrected chi connectivity index (χ1v) is 11.4. The normalized spacial score (nSPS) is 11.1. The maximum Gasteiger partial charge on any atom is 0.262 e. The number of hydrogen-bond acceptors (Lipinski definition) is 4. The molecule has 0 unspecified atom stereocenters. The van der Waals surface area contributed by atoms with Crippen LogP contribution >= 0.6 is 0 Å². The summed E-state index contributed by atoms with van der Waals surface area (Å²) in [7, 11) is -3.50. The van der Waals surface area contributed by atoms with Gasteiger partial charge in [0, 0.05) is 5.69 Å². The van der Waals surface area contributed by atoms with Crippen LogP contribution in [0.25, 0.3) is 0 Å². The Kier molecular flexibility index (Phi) is 6.91. The number of hydrogen-bond donors (Lipinski definition) is 1. The number of ether oxygens (including phenoxy) is 1. The highest BCUT2D eigenvalue weighted by molar-refractivity contribution is 7.92. The zero-order valence-corrected chi connectivity index (χ0v) is 18.0. The molecule has 0 heterocycles. The summed E-state index contributed by atoms with van der Waals surface area (Å²) in [4.78, 5) is 12.1. The van der Waals surface area contributed by atoms with E-state index < -0.39 is 21.7 Å². The Morgan fingerprint density at radius 2 is 1.71 bits per heavy atom. The molecule has 3 aromatic carbocycles. The van der Waals surface area contributed by atoms with Gasteiger partial charge >= 0.3 is 0 Å². The van der Waals surface area contributed by atoms with Gasteiger partial charge in [-0.3, -0.25) is 9.10 Å². The molecule has 0 aliphatic rings. The molecule has 0 aliphatic heterocycles. The summed E-state index contributed by atoms with van der Waals surface area (Å²) in [5, 5.41) is 2.61. The molecule has 0 fully saturated rings. The van der Waals surface area contributed by atoms with E-state index >= 15 is 0 Å². The maximum absolute atomic E-state index is 13.3. The molecule has 162 valence electrons. The van der Waals surface area contributed by atoms with Gasteiger partial charge in [-0.2, -0.15) is 0 Å². The zero-order chi connectivity index (χ0) is 22.4. The number of halogens is 1. The van der Waals surface area contributed by atoms with Gasteiger partial charge in [0.15, 0.2) is 6.61 Å². The van der Waals surface area contributed by atoms with Crippen LogP contribution in [0.3, 0.4) is 0 Å². The quantitative estimate of drug-likeness (QED) is 0.570. The molecule has 0 atom stereocenters. The minimum Gasteiger partial charge on any atom is -0.484 e. The molecule has 0 saturated heterocycles. The molecule has 8 heteroatoms. The van der Waals surface area contributed by atoms with Gasteiger partial charge < -0.3 is 10.1 Å². The zero-order valence-electron chi connectivity index (χ0n) is 17.2. The van der Waals surface area contributed by atoms with Crippen molar-refractivity contribution in [2.75, 3.05) is 22.5 Å². The van der Waals surface area contributed by atoms with Crippen LogP contribution in [-0.2, 0) is 21.4 Å². The Hall–Kier alpha value is -3.39. The van der Waals surface area contributed by atoms with Crippen molar-refractivity contribution in [3.63, 3.8) is 0 Å². The summed E-state index contributed by atoms with van der Waals surface area (Å²) in [6, 6.07) is 19.9. The number of rotatable bonds is 8. The maximum atomic E-state index is 13.3. The van der Waals surface area contributed by atoms with Crippen molar-refractivity contribution in [3.05, 3.63) is 89.7 Å². The van der Waals surface area contributed by atoms with Crippen LogP contribution in [0.5, 0.6) is 5.75 Å². The van der Waals surface area contributed by atoms with Gasteiger partial charge in [-0.1, -0.05) is 36.4 Å². The Morgan fingerprint density at radius 3 is 2.35 bits per heavy atom. The number of nitrogens with one attached hydrogen (secondary N) is 1. The Balaban J connectivity index is 1.64. The second kappa shape index (κ2) is 9.61. The van der Waals surface area contributed by atoms with Gasteiger partial charge in [-0.15, -0.1) is 0 Å². The van der Waals surface area contributed by atoms with Gasteiger partial charge in [0.05, 0.1) is 18.5 Å². The predicted molar refractivity (Wildman–Crippen MR) is 119 cm³/mol. The van der Waals surface area contributed by atoms with Gasteiger partial charge in [0.25, 0.3) is 5.91 Å². The average molecular weight is 443 g/mol. The monoisotopic (exact) mass is 442 g/mol. The fourth-order valence-electron chi connectivity index (χ4n) is 2.92. The minimum atomic E-state index is -3.50. The number of carbonyl (C=O) groups excluding carboxylic acids is 1. The van der Waals surface area contributed by atoms with Crippen molar-refractivity contribution in [2.45, 2.75) is 13.5 Å². The second-order valence-electron chi connectivity index (χ2n) is 7.05. The predicted octanol–water partition coefficient (Wildman–Crippen LogP) is 4.12. The van der Waals surface area contributed by atoms with Crippen LogP contribution < -0.4 is 14.4 Å². The molecular formula is C23H23FN2O4S. The smallest absolute Gasteiger partial charge is 0.262 e. The second-order valence-corrected chi connectivity index (χ2v) is 8.95. The molecule has 1 amide bonds. The summed E-state index contributed by atoms with van der Waals surface area (Å²) in [5.74, 6) is -0.467. The van der Waals surface area contributed by atoms with E-state index in [-0.39, 0.29) is 13.2 Å². The Labute approximate surface area is 181 Å². The van der Waals surface area contributed by atoms with Crippen LogP contribution in [0.15, 0.2) is 72.8 Å². The van der Waals surface area contributed by atoms with Crippen molar-refractivity contribution in [3.8, 4) is 5.75 Å². The van der Waals surface area contributed by atoms with Gasteiger partial charge in [0.1, 0.15) is 11.6 Å². The van der Waals surface area contributed by atoms with E-state index in [0.717, 1.165) is 17.4 Å². The number of anilines is 2. The van der Waals surface area contributed by atoms with Gasteiger partial charge in [-0.25, -0.2) is 12.8 Å². The Morgan fingerprint density at radius 1 is 1.03 bits per heavy atom. The molecule has 0 radical (unpaired) electrons. The fraction of sp³-hybridized carbons (Fsp3) is 0.174. The standard InChI is InChI=1S/C23H23FN2O4S/c1-17-8-9-19(24)14-22(17)25-23(27)16-30-21-12-10-20(11-13-21)26(31(2,28)29)15-18-6-4-3-5-7-18/h3-14H,15-16H2,1-2H3,(H,25,27). The van der Waals surface area contributed by atoms with Crippen LogP contribution in [0, 0.1) is 12.7 Å². The number of benzene rings is 3. The first-order chi connectivity index (χ1) is 14.7. The molecule has 0 saturated carbocycles. The lowest BCUT2D eigenvalue weighted by Gasteiger charge is -2.22. The molecule has 3 aromatic rings. The van der Waals surface area contributed by atoms with Crippen LogP contribution in [0.2, 0.25) is 0 Å². The molecule has 1 N–H and O–H groups in total. The average Bonchev–Trinajstić information content (AvgIpc) is 2.74. The van der Waals surface area contributed by atoms with E-state index in [9.17, 15) is 17.6 Å². The molecule has 6 nitrogen and oxygen atoms in total. The largest absolute Gasteiger partial charge is 0.484 e.